The van der Waals surface area contributed by atoms with E-state index in [9.17, 15) is 18.3 Å². The number of H-pyrrole nitrogens is 1. The number of alkyl halides is 1. The zero-order valence-corrected chi connectivity index (χ0v) is 17.1. The SMILES string of the molecule is NS(=O)(=O)c1c(-c2[nH]c3ccccc3c2C(=O)O)cccc1C1CCC(Cl)CC1. The molecule has 0 saturated heterocycles. The molecule has 4 rings (SSSR count). The maximum Gasteiger partial charge on any atom is 0.338 e. The first-order chi connectivity index (χ1) is 13.8. The summed E-state index contributed by atoms with van der Waals surface area (Å²) in [7, 11) is -4.10. The molecule has 2 aromatic carbocycles. The van der Waals surface area contributed by atoms with Crippen LogP contribution in [-0.2, 0) is 10.0 Å². The molecule has 0 atom stereocenters. The summed E-state index contributed by atoms with van der Waals surface area (Å²) >= 11 is 6.21. The van der Waals surface area contributed by atoms with Crippen molar-refractivity contribution in [3.8, 4) is 11.3 Å². The van der Waals surface area contributed by atoms with Crippen molar-refractivity contribution in [2.24, 2.45) is 5.14 Å². The van der Waals surface area contributed by atoms with Gasteiger partial charge in [0.05, 0.1) is 16.2 Å². The van der Waals surface area contributed by atoms with Gasteiger partial charge in [0, 0.05) is 21.8 Å². The summed E-state index contributed by atoms with van der Waals surface area (Å²) in [6, 6.07) is 12.1. The Hall–Kier alpha value is -2.35. The molecule has 0 spiro atoms. The van der Waals surface area contributed by atoms with Crippen molar-refractivity contribution in [3.63, 3.8) is 0 Å². The molecule has 4 N–H and O–H groups in total. The van der Waals surface area contributed by atoms with Crippen LogP contribution in [0, 0.1) is 0 Å². The number of aromatic carboxylic acids is 1. The predicted octanol–water partition coefficient (Wildman–Crippen LogP) is 4.45. The van der Waals surface area contributed by atoms with Crippen molar-refractivity contribution in [3.05, 3.63) is 53.6 Å². The molecule has 6 nitrogen and oxygen atoms in total. The van der Waals surface area contributed by atoms with E-state index < -0.39 is 16.0 Å². The van der Waals surface area contributed by atoms with Gasteiger partial charge in [-0.15, -0.1) is 11.6 Å². The van der Waals surface area contributed by atoms with Gasteiger partial charge in [0.1, 0.15) is 0 Å². The molecule has 1 aliphatic rings. The number of halogens is 1. The lowest BCUT2D eigenvalue weighted by Crippen LogP contribution is -2.20. The van der Waals surface area contributed by atoms with Crippen LogP contribution in [-0.4, -0.2) is 29.9 Å². The number of rotatable bonds is 4. The van der Waals surface area contributed by atoms with E-state index in [0.29, 0.717) is 16.5 Å². The highest BCUT2D eigenvalue weighted by Gasteiger charge is 2.30. The van der Waals surface area contributed by atoms with E-state index >= 15 is 0 Å². The Morgan fingerprint density at radius 3 is 2.41 bits per heavy atom. The zero-order valence-electron chi connectivity index (χ0n) is 15.6. The van der Waals surface area contributed by atoms with Gasteiger partial charge in [0.2, 0.25) is 10.0 Å². The highest BCUT2D eigenvalue weighted by molar-refractivity contribution is 7.89. The molecule has 152 valence electrons. The van der Waals surface area contributed by atoms with Gasteiger partial charge in [-0.2, -0.15) is 0 Å². The molecule has 1 saturated carbocycles. The summed E-state index contributed by atoms with van der Waals surface area (Å²) < 4.78 is 25.3. The Kier molecular flexibility index (Phi) is 5.14. The van der Waals surface area contributed by atoms with Crippen LogP contribution in [0.1, 0.15) is 47.5 Å². The third-order valence-corrected chi connectivity index (χ3v) is 7.08. The minimum absolute atomic E-state index is 0.00733. The lowest BCUT2D eigenvalue weighted by atomic mass is 9.83. The third-order valence-electron chi connectivity index (χ3n) is 5.62. The van der Waals surface area contributed by atoms with E-state index in [2.05, 4.69) is 4.98 Å². The summed E-state index contributed by atoms with van der Waals surface area (Å²) in [5.74, 6) is -1.12. The molecule has 8 heteroatoms. The van der Waals surface area contributed by atoms with Crippen LogP contribution in [0.2, 0.25) is 0 Å². The smallest absolute Gasteiger partial charge is 0.338 e. The largest absolute Gasteiger partial charge is 0.478 e. The monoisotopic (exact) mass is 432 g/mol. The molecule has 0 unspecified atom stereocenters. The number of carboxylic acids is 1. The van der Waals surface area contributed by atoms with Gasteiger partial charge in [0.25, 0.3) is 0 Å². The first-order valence-corrected chi connectivity index (χ1v) is 11.4. The fourth-order valence-electron chi connectivity index (χ4n) is 4.32. The molecule has 0 bridgehead atoms. The lowest BCUT2D eigenvalue weighted by molar-refractivity contribution is 0.0700. The number of benzene rings is 2. The van der Waals surface area contributed by atoms with Crippen molar-refractivity contribution in [1.29, 1.82) is 0 Å². The number of nitrogens with one attached hydrogen (secondary N) is 1. The number of carbonyl (C=O) groups is 1. The number of sulfonamides is 1. The number of nitrogens with two attached hydrogens (primary N) is 1. The molecule has 1 aliphatic carbocycles. The maximum atomic E-state index is 12.6. The number of aromatic amines is 1. The van der Waals surface area contributed by atoms with Gasteiger partial charge in [-0.05, 0) is 43.2 Å². The number of hydrogen-bond acceptors (Lipinski definition) is 3. The number of fused-ring (bicyclic) bond motifs is 1. The molecule has 1 aromatic heterocycles. The average molecular weight is 433 g/mol. The number of carboxylic acid groups (broad SMARTS) is 1. The van der Waals surface area contributed by atoms with Gasteiger partial charge >= 0.3 is 5.97 Å². The Morgan fingerprint density at radius 1 is 1.07 bits per heavy atom. The molecule has 0 aliphatic heterocycles. The predicted molar refractivity (Wildman–Crippen MR) is 113 cm³/mol. The molecule has 29 heavy (non-hydrogen) atoms. The maximum absolute atomic E-state index is 12.6. The van der Waals surface area contributed by atoms with Crippen molar-refractivity contribution >= 4 is 38.5 Å². The minimum Gasteiger partial charge on any atom is -0.478 e. The Morgan fingerprint density at radius 2 is 1.76 bits per heavy atom. The summed E-state index contributed by atoms with van der Waals surface area (Å²) in [5, 5.41) is 16.1. The Bertz CT molecular complexity index is 1190. The fraction of sp³-hybridized carbons (Fsp3) is 0.286. The van der Waals surface area contributed by atoms with E-state index in [0.717, 1.165) is 25.7 Å². The summed E-state index contributed by atoms with van der Waals surface area (Å²) in [6.07, 6.45) is 3.12. The molecule has 1 heterocycles. The van der Waals surface area contributed by atoms with Crippen LogP contribution >= 0.6 is 11.6 Å². The topological polar surface area (TPSA) is 113 Å². The van der Waals surface area contributed by atoms with E-state index in [1.165, 1.54) is 0 Å². The van der Waals surface area contributed by atoms with Crippen LogP contribution < -0.4 is 5.14 Å². The minimum atomic E-state index is -4.10. The second kappa shape index (κ2) is 7.48. The molecular weight excluding hydrogens is 412 g/mol. The van der Waals surface area contributed by atoms with E-state index in [1.807, 2.05) is 0 Å². The van der Waals surface area contributed by atoms with Gasteiger partial charge in [-0.3, -0.25) is 0 Å². The van der Waals surface area contributed by atoms with E-state index in [1.54, 1.807) is 42.5 Å². The average Bonchev–Trinajstić information content (AvgIpc) is 3.07. The highest BCUT2D eigenvalue weighted by atomic mass is 35.5. The Labute approximate surface area is 173 Å². The first-order valence-electron chi connectivity index (χ1n) is 9.41. The molecular formula is C21H21ClN2O4S. The van der Waals surface area contributed by atoms with E-state index in [-0.39, 0.29) is 33.0 Å². The summed E-state index contributed by atoms with van der Waals surface area (Å²) in [5.41, 5.74) is 1.81. The highest BCUT2D eigenvalue weighted by Crippen LogP contribution is 2.42. The van der Waals surface area contributed by atoms with Crippen molar-refractivity contribution < 1.29 is 18.3 Å². The Balaban J connectivity index is 1.98. The molecule has 3 aromatic rings. The first kappa shape index (κ1) is 19.9. The number of para-hydroxylation sites is 1. The van der Waals surface area contributed by atoms with Crippen molar-refractivity contribution in [2.45, 2.75) is 41.9 Å². The van der Waals surface area contributed by atoms with Crippen LogP contribution in [0.5, 0.6) is 0 Å². The normalized spacial score (nSPS) is 20.1. The third kappa shape index (κ3) is 3.66. The zero-order chi connectivity index (χ0) is 20.8. The van der Waals surface area contributed by atoms with Gasteiger partial charge < -0.3 is 10.1 Å². The van der Waals surface area contributed by atoms with Gasteiger partial charge in [0.15, 0.2) is 0 Å². The van der Waals surface area contributed by atoms with Crippen molar-refractivity contribution in [2.75, 3.05) is 0 Å². The van der Waals surface area contributed by atoms with Crippen LogP contribution in [0.3, 0.4) is 0 Å². The molecule has 0 amide bonds. The summed E-state index contributed by atoms with van der Waals surface area (Å²) in [4.78, 5) is 15.1. The number of hydrogen-bond donors (Lipinski definition) is 3. The standard InChI is InChI=1S/C21H21ClN2O4S/c22-13-10-8-12(9-11-13)14-5-3-6-16(20(14)29(23,27)28)19-18(21(25)26)15-4-1-2-7-17(15)24-19/h1-7,12-13,24H,8-11H2,(H,25,26)(H2,23,27,28). The van der Waals surface area contributed by atoms with E-state index in [4.69, 9.17) is 16.7 Å². The van der Waals surface area contributed by atoms with Crippen LogP contribution in [0.25, 0.3) is 22.2 Å². The number of primary sulfonamides is 1. The second-order valence-corrected chi connectivity index (χ2v) is 9.56. The fourth-order valence-corrected chi connectivity index (χ4v) is 5.61. The molecule has 1 fully saturated rings. The van der Waals surface area contributed by atoms with Crippen LogP contribution in [0.15, 0.2) is 47.4 Å². The quantitative estimate of drug-likeness (QED) is 0.528. The summed E-state index contributed by atoms with van der Waals surface area (Å²) in [6.45, 7) is 0. The second-order valence-electron chi connectivity index (χ2n) is 7.44. The van der Waals surface area contributed by atoms with Gasteiger partial charge in [-0.1, -0.05) is 36.4 Å². The molecule has 0 radical (unpaired) electrons. The van der Waals surface area contributed by atoms with Gasteiger partial charge in [-0.25, -0.2) is 18.4 Å². The van der Waals surface area contributed by atoms with Crippen molar-refractivity contribution in [1.82, 2.24) is 4.98 Å². The lowest BCUT2D eigenvalue weighted by Gasteiger charge is -2.27. The number of aromatic nitrogens is 1. The van der Waals surface area contributed by atoms with Crippen LogP contribution in [0.4, 0.5) is 0 Å².